The van der Waals surface area contributed by atoms with Gasteiger partial charge in [-0.05, 0) is 13.3 Å². The van der Waals surface area contributed by atoms with Gasteiger partial charge in [-0.15, -0.1) is 11.3 Å². The molecule has 1 aliphatic heterocycles. The molecule has 0 amide bonds. The van der Waals surface area contributed by atoms with E-state index in [4.69, 9.17) is 4.74 Å². The predicted octanol–water partition coefficient (Wildman–Crippen LogP) is 2.64. The smallest absolute Gasteiger partial charge is 0.381 e. The molecule has 0 aliphatic carbocycles. The summed E-state index contributed by atoms with van der Waals surface area (Å²) in [5.41, 5.74) is -0.815. The van der Waals surface area contributed by atoms with Gasteiger partial charge in [-0.1, -0.05) is 0 Å². The second-order valence-electron chi connectivity index (χ2n) is 5.61. The molecule has 1 N–H and O–H groups in total. The van der Waals surface area contributed by atoms with Crippen molar-refractivity contribution in [2.24, 2.45) is 10.9 Å². The highest BCUT2D eigenvalue weighted by molar-refractivity contribution is 7.09. The van der Waals surface area contributed by atoms with Gasteiger partial charge < -0.3 is 15.0 Å². The molecule has 1 unspecified atom stereocenters. The van der Waals surface area contributed by atoms with Crippen molar-refractivity contribution in [2.45, 2.75) is 25.9 Å². The number of hydrogen-bond acceptors (Lipinski definition) is 4. The molecular weight excluding hydrogens is 341 g/mol. The Morgan fingerprint density at radius 1 is 1.54 bits per heavy atom. The Balaban J connectivity index is 1.77. The molecule has 2 rings (SSSR count). The Hall–Kier alpha value is -1.35. The van der Waals surface area contributed by atoms with Crippen LogP contribution in [0.4, 0.5) is 13.2 Å². The Morgan fingerprint density at radius 3 is 2.96 bits per heavy atom. The van der Waals surface area contributed by atoms with Gasteiger partial charge in [0, 0.05) is 51.0 Å². The summed E-state index contributed by atoms with van der Waals surface area (Å²) >= 11 is 1.04. The molecule has 24 heavy (non-hydrogen) atoms. The third-order valence-electron chi connectivity index (χ3n) is 3.82. The van der Waals surface area contributed by atoms with E-state index in [2.05, 4.69) is 20.2 Å². The summed E-state index contributed by atoms with van der Waals surface area (Å²) in [4.78, 5) is 10.0. The molecule has 1 fully saturated rings. The molecule has 0 saturated carbocycles. The zero-order valence-corrected chi connectivity index (χ0v) is 14.7. The van der Waals surface area contributed by atoms with Gasteiger partial charge in [0.1, 0.15) is 0 Å². The molecule has 0 bridgehead atoms. The monoisotopic (exact) mass is 364 g/mol. The maximum atomic E-state index is 12.5. The summed E-state index contributed by atoms with van der Waals surface area (Å²) in [5.74, 6) is 1.28. The predicted molar refractivity (Wildman–Crippen MR) is 88.4 cm³/mol. The summed E-state index contributed by atoms with van der Waals surface area (Å²) in [6.45, 7) is 5.75. The van der Waals surface area contributed by atoms with Crippen LogP contribution in [0.25, 0.3) is 0 Å². The first-order valence-electron chi connectivity index (χ1n) is 7.99. The molecular formula is C15H23F3N4OS. The number of hydrogen-bond donors (Lipinski definition) is 1. The Kier molecular flexibility index (Phi) is 6.85. The van der Waals surface area contributed by atoms with Crippen molar-refractivity contribution in [1.29, 1.82) is 0 Å². The van der Waals surface area contributed by atoms with Gasteiger partial charge in [-0.2, -0.15) is 13.2 Å². The van der Waals surface area contributed by atoms with Crippen LogP contribution in [0.5, 0.6) is 0 Å². The van der Waals surface area contributed by atoms with Gasteiger partial charge in [0.15, 0.2) is 11.7 Å². The van der Waals surface area contributed by atoms with Crippen LogP contribution >= 0.6 is 11.3 Å². The van der Waals surface area contributed by atoms with Gasteiger partial charge in [-0.25, -0.2) is 4.98 Å². The summed E-state index contributed by atoms with van der Waals surface area (Å²) < 4.78 is 43.0. The van der Waals surface area contributed by atoms with E-state index >= 15 is 0 Å². The van der Waals surface area contributed by atoms with Crippen LogP contribution in [0.2, 0.25) is 0 Å². The SMILES string of the molecule is CCOCC1CCN(C(=NC)NCCc2nc(C(F)(F)F)cs2)C1. The maximum absolute atomic E-state index is 12.5. The average molecular weight is 364 g/mol. The van der Waals surface area contributed by atoms with Crippen molar-refractivity contribution in [2.75, 3.05) is 39.9 Å². The summed E-state index contributed by atoms with van der Waals surface area (Å²) in [6.07, 6.45) is -2.87. The van der Waals surface area contributed by atoms with Gasteiger partial charge in [-0.3, -0.25) is 4.99 Å². The van der Waals surface area contributed by atoms with Gasteiger partial charge in [0.05, 0.1) is 11.6 Å². The van der Waals surface area contributed by atoms with Crippen molar-refractivity contribution in [3.8, 4) is 0 Å². The first kappa shape index (κ1) is 19.0. The van der Waals surface area contributed by atoms with E-state index in [0.29, 0.717) is 23.9 Å². The minimum atomic E-state index is -4.37. The number of alkyl halides is 3. The van der Waals surface area contributed by atoms with Crippen LogP contribution in [0.15, 0.2) is 10.4 Å². The molecule has 0 radical (unpaired) electrons. The van der Waals surface area contributed by atoms with Crippen molar-refractivity contribution in [1.82, 2.24) is 15.2 Å². The van der Waals surface area contributed by atoms with E-state index < -0.39 is 11.9 Å². The number of rotatable bonds is 6. The molecule has 136 valence electrons. The molecule has 1 aromatic heterocycles. The highest BCUT2D eigenvalue weighted by Gasteiger charge is 2.33. The molecule has 0 spiro atoms. The Bertz CT molecular complexity index is 547. The zero-order valence-electron chi connectivity index (χ0n) is 13.9. The van der Waals surface area contributed by atoms with Crippen molar-refractivity contribution in [3.63, 3.8) is 0 Å². The fourth-order valence-corrected chi connectivity index (χ4v) is 3.42. The quantitative estimate of drug-likeness (QED) is 0.623. The lowest BCUT2D eigenvalue weighted by molar-refractivity contribution is -0.140. The third kappa shape index (κ3) is 5.34. The lowest BCUT2D eigenvalue weighted by Gasteiger charge is -2.21. The van der Waals surface area contributed by atoms with Gasteiger partial charge in [0.25, 0.3) is 0 Å². The standard InChI is InChI=1S/C15H23F3N4OS/c1-3-23-9-11-5-7-22(8-11)14(19-2)20-6-4-13-21-12(10-24-13)15(16,17)18/h10-11H,3-9H2,1-2H3,(H,19,20). The summed E-state index contributed by atoms with van der Waals surface area (Å²) in [6, 6.07) is 0. The number of nitrogens with zero attached hydrogens (tertiary/aromatic N) is 3. The second kappa shape index (κ2) is 8.66. The normalized spacial score (nSPS) is 19.1. The highest BCUT2D eigenvalue weighted by atomic mass is 32.1. The summed E-state index contributed by atoms with van der Waals surface area (Å²) in [7, 11) is 1.71. The largest absolute Gasteiger partial charge is 0.434 e. The highest BCUT2D eigenvalue weighted by Crippen LogP contribution is 2.30. The van der Waals surface area contributed by atoms with E-state index in [-0.39, 0.29) is 0 Å². The zero-order chi connectivity index (χ0) is 17.6. The van der Waals surface area contributed by atoms with Crippen LogP contribution in [0.1, 0.15) is 24.0 Å². The van der Waals surface area contributed by atoms with Crippen molar-refractivity contribution >= 4 is 17.3 Å². The first-order valence-corrected chi connectivity index (χ1v) is 8.87. The number of nitrogens with one attached hydrogen (secondary N) is 1. The number of halogens is 3. The number of aromatic nitrogens is 1. The molecule has 1 atom stereocenters. The van der Waals surface area contributed by atoms with Crippen LogP contribution in [-0.4, -0.2) is 55.7 Å². The molecule has 2 heterocycles. The average Bonchev–Trinajstić information content (AvgIpc) is 3.18. The van der Waals surface area contributed by atoms with E-state index in [1.54, 1.807) is 7.05 Å². The van der Waals surface area contributed by atoms with Crippen LogP contribution in [0.3, 0.4) is 0 Å². The second-order valence-corrected chi connectivity index (χ2v) is 6.55. The summed E-state index contributed by atoms with van der Waals surface area (Å²) in [5, 5.41) is 4.74. The van der Waals surface area contributed by atoms with Gasteiger partial charge in [0.2, 0.25) is 0 Å². The molecule has 1 aliphatic rings. The maximum Gasteiger partial charge on any atom is 0.434 e. The Labute approximate surface area is 143 Å². The number of ether oxygens (including phenoxy) is 1. The number of likely N-dealkylation sites (tertiary alicyclic amines) is 1. The topological polar surface area (TPSA) is 49.8 Å². The number of thiazole rings is 1. The lowest BCUT2D eigenvalue weighted by atomic mass is 10.1. The van der Waals surface area contributed by atoms with Crippen molar-refractivity contribution in [3.05, 3.63) is 16.1 Å². The van der Waals surface area contributed by atoms with Crippen LogP contribution in [-0.2, 0) is 17.3 Å². The third-order valence-corrected chi connectivity index (χ3v) is 4.73. The number of aliphatic imine (C=N–C) groups is 1. The van der Waals surface area contributed by atoms with E-state index in [1.165, 1.54) is 0 Å². The fourth-order valence-electron chi connectivity index (χ4n) is 2.62. The minimum absolute atomic E-state index is 0.440. The fraction of sp³-hybridized carbons (Fsp3) is 0.733. The van der Waals surface area contributed by atoms with E-state index in [0.717, 1.165) is 55.4 Å². The van der Waals surface area contributed by atoms with E-state index in [9.17, 15) is 13.2 Å². The minimum Gasteiger partial charge on any atom is -0.381 e. The molecule has 0 aromatic carbocycles. The first-order chi connectivity index (χ1) is 11.4. The van der Waals surface area contributed by atoms with Crippen LogP contribution in [0, 0.1) is 5.92 Å². The van der Waals surface area contributed by atoms with E-state index in [1.807, 2.05) is 6.92 Å². The molecule has 9 heteroatoms. The Morgan fingerprint density at radius 2 is 2.33 bits per heavy atom. The van der Waals surface area contributed by atoms with Gasteiger partial charge >= 0.3 is 6.18 Å². The molecule has 5 nitrogen and oxygen atoms in total. The lowest BCUT2D eigenvalue weighted by Crippen LogP contribution is -2.41. The molecule has 1 saturated heterocycles. The number of guanidine groups is 1. The molecule has 1 aromatic rings. The van der Waals surface area contributed by atoms with Crippen molar-refractivity contribution < 1.29 is 17.9 Å². The van der Waals surface area contributed by atoms with Crippen LogP contribution < -0.4 is 5.32 Å².